The highest BCUT2D eigenvalue weighted by molar-refractivity contribution is 9.10. The van der Waals surface area contributed by atoms with Gasteiger partial charge in [-0.05, 0) is 24.0 Å². The number of carbonyl (C=O) groups is 1. The molecule has 3 rings (SSSR count). The first kappa shape index (κ1) is 15.5. The third kappa shape index (κ3) is 3.21. The lowest BCUT2D eigenvalue weighted by molar-refractivity contribution is 0.0602. The maximum absolute atomic E-state index is 12.1. The number of ether oxygens (including phenoxy) is 1. The number of rotatable bonds is 1. The smallest absolute Gasteiger partial charge is 0.341 e. The van der Waals surface area contributed by atoms with Gasteiger partial charge in [-0.1, -0.05) is 33.6 Å². The number of fused-ring (bicyclic) bond motifs is 1. The summed E-state index contributed by atoms with van der Waals surface area (Å²) in [5.41, 5.74) is 1.61. The Morgan fingerprint density at radius 1 is 1.30 bits per heavy atom. The van der Waals surface area contributed by atoms with Gasteiger partial charge in [0.25, 0.3) is 0 Å². The highest BCUT2D eigenvalue weighted by Gasteiger charge is 2.18. The quantitative estimate of drug-likeness (QED) is 0.509. The first-order valence-corrected chi connectivity index (χ1v) is 7.64. The Morgan fingerprint density at radius 3 is 2.74 bits per heavy atom. The third-order valence-corrected chi connectivity index (χ3v) is 3.76. The topological polar surface area (TPSA) is 67.9 Å². The molecular weight excluding hydrogens is 382 g/mol. The van der Waals surface area contributed by atoms with Crippen molar-refractivity contribution in [3.8, 4) is 11.8 Å². The number of methoxy groups -OCH3 is 1. The van der Waals surface area contributed by atoms with E-state index in [-0.39, 0.29) is 0 Å². The maximum Gasteiger partial charge on any atom is 0.341 e. The summed E-state index contributed by atoms with van der Waals surface area (Å²) >= 11 is 9.14. The van der Waals surface area contributed by atoms with E-state index in [9.17, 15) is 4.79 Å². The highest BCUT2D eigenvalue weighted by atomic mass is 79.9. The Bertz CT molecular complexity index is 955. The van der Waals surface area contributed by atoms with Crippen LogP contribution in [0.4, 0.5) is 0 Å². The molecule has 0 aliphatic rings. The summed E-state index contributed by atoms with van der Waals surface area (Å²) in [6, 6.07) is 5.54. The molecule has 0 spiro atoms. The Balaban J connectivity index is 2.13. The summed E-state index contributed by atoms with van der Waals surface area (Å²) in [7, 11) is 1.33. The summed E-state index contributed by atoms with van der Waals surface area (Å²) in [4.78, 5) is 23.2. The van der Waals surface area contributed by atoms with Crippen LogP contribution in [-0.4, -0.2) is 28.0 Å². The van der Waals surface area contributed by atoms with Crippen LogP contribution < -0.4 is 0 Å². The van der Waals surface area contributed by atoms with Crippen LogP contribution in [0.5, 0.6) is 0 Å². The van der Waals surface area contributed by atoms with Crippen LogP contribution in [-0.2, 0) is 4.74 Å². The second-order valence-corrected chi connectivity index (χ2v) is 5.88. The standard InChI is InChI=1S/C16H9BrClN3O2/c1-23-16(22)15-11-3-2-9(17)6-13(11)21-12(15)4-5-14-19-7-10(18)8-20-14/h2-3,6-8,21H,1H3. The van der Waals surface area contributed by atoms with E-state index in [0.29, 0.717) is 22.1 Å². The lowest BCUT2D eigenvalue weighted by Gasteiger charge is -1.98. The van der Waals surface area contributed by atoms with Crippen molar-refractivity contribution in [3.05, 3.63) is 57.2 Å². The van der Waals surface area contributed by atoms with E-state index in [4.69, 9.17) is 16.3 Å². The highest BCUT2D eigenvalue weighted by Crippen LogP contribution is 2.26. The van der Waals surface area contributed by atoms with E-state index in [1.165, 1.54) is 19.5 Å². The lowest BCUT2D eigenvalue weighted by Crippen LogP contribution is -2.02. The molecule has 0 saturated heterocycles. The Kier molecular flexibility index (Phi) is 4.33. The van der Waals surface area contributed by atoms with Gasteiger partial charge in [-0.15, -0.1) is 0 Å². The second kappa shape index (κ2) is 6.41. The van der Waals surface area contributed by atoms with Crippen molar-refractivity contribution in [1.82, 2.24) is 15.0 Å². The molecule has 0 fully saturated rings. The molecule has 0 unspecified atom stereocenters. The predicted octanol–water partition coefficient (Wildman–Crippen LogP) is 3.56. The van der Waals surface area contributed by atoms with Crippen molar-refractivity contribution in [1.29, 1.82) is 0 Å². The summed E-state index contributed by atoms with van der Waals surface area (Å²) in [6.07, 6.45) is 2.92. The zero-order chi connectivity index (χ0) is 16.4. The minimum atomic E-state index is -0.458. The van der Waals surface area contributed by atoms with Crippen LogP contribution in [0.1, 0.15) is 21.9 Å². The molecule has 1 N–H and O–H groups in total. The molecule has 0 amide bonds. The minimum Gasteiger partial charge on any atom is -0.465 e. The van der Waals surface area contributed by atoms with Gasteiger partial charge in [-0.2, -0.15) is 0 Å². The molecule has 23 heavy (non-hydrogen) atoms. The van der Waals surface area contributed by atoms with Gasteiger partial charge in [0.1, 0.15) is 11.3 Å². The Labute approximate surface area is 145 Å². The van der Waals surface area contributed by atoms with E-state index in [1.54, 1.807) is 0 Å². The van der Waals surface area contributed by atoms with Gasteiger partial charge in [0.15, 0.2) is 0 Å². The number of halogens is 2. The van der Waals surface area contributed by atoms with E-state index in [0.717, 1.165) is 15.4 Å². The number of carbonyl (C=O) groups excluding carboxylic acids is 1. The molecule has 0 aliphatic heterocycles. The van der Waals surface area contributed by atoms with E-state index < -0.39 is 5.97 Å². The zero-order valence-corrected chi connectivity index (χ0v) is 14.2. The van der Waals surface area contributed by atoms with Gasteiger partial charge in [0, 0.05) is 15.4 Å². The number of H-pyrrole nitrogens is 1. The third-order valence-electron chi connectivity index (χ3n) is 3.07. The normalized spacial score (nSPS) is 10.2. The molecule has 2 heterocycles. The van der Waals surface area contributed by atoms with Crippen LogP contribution in [0.25, 0.3) is 10.9 Å². The van der Waals surface area contributed by atoms with Crippen LogP contribution in [0.3, 0.4) is 0 Å². The predicted molar refractivity (Wildman–Crippen MR) is 90.4 cm³/mol. The van der Waals surface area contributed by atoms with E-state index >= 15 is 0 Å². The molecular formula is C16H9BrClN3O2. The van der Waals surface area contributed by atoms with Gasteiger partial charge in [-0.25, -0.2) is 14.8 Å². The molecule has 5 nitrogen and oxygen atoms in total. The number of hydrogen-bond donors (Lipinski definition) is 1. The molecule has 114 valence electrons. The number of nitrogens with zero attached hydrogens (tertiary/aromatic N) is 2. The van der Waals surface area contributed by atoms with Gasteiger partial charge in [-0.3, -0.25) is 0 Å². The lowest BCUT2D eigenvalue weighted by atomic mass is 10.1. The van der Waals surface area contributed by atoms with Crippen LogP contribution in [0.2, 0.25) is 5.02 Å². The number of hydrogen-bond acceptors (Lipinski definition) is 4. The number of aromatic nitrogens is 3. The molecule has 3 aromatic rings. The SMILES string of the molecule is COC(=O)c1c(C#Cc2ncc(Cl)cn2)[nH]c2cc(Br)ccc12. The first-order chi connectivity index (χ1) is 11.1. The summed E-state index contributed by atoms with van der Waals surface area (Å²) < 4.78 is 5.75. The van der Waals surface area contributed by atoms with Crippen molar-refractivity contribution >= 4 is 44.4 Å². The number of aromatic amines is 1. The van der Waals surface area contributed by atoms with Crippen LogP contribution in [0.15, 0.2) is 35.1 Å². The largest absolute Gasteiger partial charge is 0.465 e. The molecule has 0 bridgehead atoms. The number of nitrogens with one attached hydrogen (secondary N) is 1. The van der Waals surface area contributed by atoms with Gasteiger partial charge in [0.2, 0.25) is 5.82 Å². The summed E-state index contributed by atoms with van der Waals surface area (Å²) in [5, 5.41) is 1.17. The molecule has 1 aromatic carbocycles. The van der Waals surface area contributed by atoms with Crippen molar-refractivity contribution in [2.75, 3.05) is 7.11 Å². The minimum absolute atomic E-state index is 0.310. The van der Waals surface area contributed by atoms with Crippen molar-refractivity contribution in [2.24, 2.45) is 0 Å². The first-order valence-electron chi connectivity index (χ1n) is 6.47. The van der Waals surface area contributed by atoms with E-state index in [2.05, 4.69) is 42.7 Å². The second-order valence-electron chi connectivity index (χ2n) is 4.53. The Hall–Kier alpha value is -2.36. The van der Waals surface area contributed by atoms with E-state index in [1.807, 2.05) is 18.2 Å². The molecule has 0 aliphatic carbocycles. The summed E-state index contributed by atoms with van der Waals surface area (Å²) in [5.74, 6) is 5.54. The van der Waals surface area contributed by atoms with Gasteiger partial charge >= 0.3 is 5.97 Å². The van der Waals surface area contributed by atoms with Crippen molar-refractivity contribution in [2.45, 2.75) is 0 Å². The fourth-order valence-corrected chi connectivity index (χ4v) is 2.53. The molecule has 2 aromatic heterocycles. The molecule has 7 heteroatoms. The fourth-order valence-electron chi connectivity index (χ4n) is 2.07. The zero-order valence-electron chi connectivity index (χ0n) is 11.9. The number of esters is 1. The van der Waals surface area contributed by atoms with Gasteiger partial charge < -0.3 is 9.72 Å². The molecule has 0 atom stereocenters. The van der Waals surface area contributed by atoms with Crippen molar-refractivity contribution < 1.29 is 9.53 Å². The molecule has 0 radical (unpaired) electrons. The van der Waals surface area contributed by atoms with Crippen molar-refractivity contribution in [3.63, 3.8) is 0 Å². The van der Waals surface area contributed by atoms with Gasteiger partial charge in [0.05, 0.1) is 24.5 Å². The summed E-state index contributed by atoms with van der Waals surface area (Å²) in [6.45, 7) is 0. The average Bonchev–Trinajstić information content (AvgIpc) is 2.91. The monoisotopic (exact) mass is 389 g/mol. The Morgan fingerprint density at radius 2 is 2.04 bits per heavy atom. The number of benzene rings is 1. The van der Waals surface area contributed by atoms with Crippen LogP contribution >= 0.6 is 27.5 Å². The molecule has 0 saturated carbocycles. The van der Waals surface area contributed by atoms with Crippen LogP contribution in [0, 0.1) is 11.8 Å². The maximum atomic E-state index is 12.1. The fraction of sp³-hybridized carbons (Fsp3) is 0.0625. The average molecular weight is 391 g/mol.